The Labute approximate surface area is 89.8 Å². The second-order valence-corrected chi connectivity index (χ2v) is 5.32. The van der Waals surface area contributed by atoms with Crippen LogP contribution in [0.4, 0.5) is 0 Å². The molecule has 1 aliphatic carbocycles. The summed E-state index contributed by atoms with van der Waals surface area (Å²) >= 11 is 0. The van der Waals surface area contributed by atoms with E-state index in [2.05, 4.69) is 6.92 Å². The molecule has 0 aromatic rings. The third-order valence-electron chi connectivity index (χ3n) is 2.58. The van der Waals surface area contributed by atoms with Gasteiger partial charge in [0.1, 0.15) is 0 Å². The van der Waals surface area contributed by atoms with E-state index >= 15 is 0 Å². The Hall–Kier alpha value is -0.410. The highest BCUT2D eigenvalue weighted by molar-refractivity contribution is 7.55. The quantitative estimate of drug-likeness (QED) is 0.576. The molecule has 0 heterocycles. The van der Waals surface area contributed by atoms with Crippen molar-refractivity contribution in [3.05, 3.63) is 24.0 Å². The number of methoxy groups -OCH3 is 1. The van der Waals surface area contributed by atoms with E-state index in [0.29, 0.717) is 5.92 Å². The minimum absolute atomic E-state index is 0.0544. The number of rotatable bonds is 3. The summed E-state index contributed by atoms with van der Waals surface area (Å²) in [4.78, 5) is 17.4. The van der Waals surface area contributed by atoms with Crippen LogP contribution in [0.3, 0.4) is 0 Å². The second-order valence-electron chi connectivity index (χ2n) is 3.85. The van der Waals surface area contributed by atoms with E-state index < -0.39 is 7.60 Å². The van der Waals surface area contributed by atoms with E-state index in [-0.39, 0.29) is 12.0 Å². The first kappa shape index (κ1) is 12.7. The Kier molecular flexibility index (Phi) is 4.29. The Bertz CT molecular complexity index is 305. The van der Waals surface area contributed by atoms with Crippen LogP contribution in [0.15, 0.2) is 24.0 Å². The van der Waals surface area contributed by atoms with Crippen molar-refractivity contribution in [1.29, 1.82) is 0 Å². The molecule has 0 saturated heterocycles. The lowest BCUT2D eigenvalue weighted by atomic mass is 9.87. The van der Waals surface area contributed by atoms with Crippen molar-refractivity contribution in [2.45, 2.75) is 19.4 Å². The fourth-order valence-electron chi connectivity index (χ4n) is 1.68. The SMILES string of the molecule is COC1CC(/C=C/P(=O)(O)O)C=CC1C. The minimum Gasteiger partial charge on any atom is -0.381 e. The van der Waals surface area contributed by atoms with Crippen LogP contribution in [0.5, 0.6) is 0 Å². The van der Waals surface area contributed by atoms with Crippen molar-refractivity contribution in [3.8, 4) is 0 Å². The monoisotopic (exact) mass is 232 g/mol. The van der Waals surface area contributed by atoms with Gasteiger partial charge in [-0.2, -0.15) is 0 Å². The molecule has 0 bridgehead atoms. The van der Waals surface area contributed by atoms with Gasteiger partial charge in [0.2, 0.25) is 0 Å². The van der Waals surface area contributed by atoms with Crippen molar-refractivity contribution >= 4 is 7.60 Å². The topological polar surface area (TPSA) is 66.8 Å². The van der Waals surface area contributed by atoms with Crippen molar-refractivity contribution in [3.63, 3.8) is 0 Å². The predicted octanol–water partition coefficient (Wildman–Crippen LogP) is 1.91. The molecule has 0 spiro atoms. The van der Waals surface area contributed by atoms with Crippen LogP contribution < -0.4 is 0 Å². The van der Waals surface area contributed by atoms with Gasteiger partial charge < -0.3 is 14.5 Å². The van der Waals surface area contributed by atoms with E-state index in [1.165, 1.54) is 0 Å². The van der Waals surface area contributed by atoms with Crippen LogP contribution in [-0.4, -0.2) is 23.0 Å². The van der Waals surface area contributed by atoms with Crippen LogP contribution in [0, 0.1) is 11.8 Å². The molecule has 0 radical (unpaired) electrons. The zero-order chi connectivity index (χ0) is 11.5. The van der Waals surface area contributed by atoms with Gasteiger partial charge in [0.15, 0.2) is 0 Å². The Morgan fingerprint density at radius 3 is 2.67 bits per heavy atom. The van der Waals surface area contributed by atoms with Crippen molar-refractivity contribution in [2.24, 2.45) is 11.8 Å². The molecule has 1 rings (SSSR count). The van der Waals surface area contributed by atoms with Crippen LogP contribution in [-0.2, 0) is 9.30 Å². The summed E-state index contributed by atoms with van der Waals surface area (Å²) in [6.07, 6.45) is 6.43. The molecule has 3 unspecified atom stereocenters. The summed E-state index contributed by atoms with van der Waals surface area (Å²) < 4.78 is 15.9. The van der Waals surface area contributed by atoms with Gasteiger partial charge in [-0.3, -0.25) is 4.57 Å². The number of hydrogen-bond acceptors (Lipinski definition) is 2. The zero-order valence-electron chi connectivity index (χ0n) is 8.91. The van der Waals surface area contributed by atoms with Gasteiger partial charge in [-0.1, -0.05) is 25.2 Å². The molecule has 0 saturated carbocycles. The Morgan fingerprint density at radius 2 is 2.13 bits per heavy atom. The van der Waals surface area contributed by atoms with Crippen LogP contribution in [0.2, 0.25) is 0 Å². The molecular formula is C10H17O4P. The molecule has 4 nitrogen and oxygen atoms in total. The number of ether oxygens (including phenoxy) is 1. The first-order valence-corrected chi connectivity index (χ1v) is 6.56. The zero-order valence-corrected chi connectivity index (χ0v) is 9.80. The van der Waals surface area contributed by atoms with Gasteiger partial charge in [0, 0.05) is 18.8 Å². The normalized spacial score (nSPS) is 32.4. The molecule has 0 aromatic carbocycles. The van der Waals surface area contributed by atoms with Crippen molar-refractivity contribution < 1.29 is 19.1 Å². The minimum atomic E-state index is -4.03. The smallest absolute Gasteiger partial charge is 0.348 e. The lowest BCUT2D eigenvalue weighted by Crippen LogP contribution is -2.24. The Morgan fingerprint density at radius 1 is 1.47 bits per heavy atom. The molecule has 15 heavy (non-hydrogen) atoms. The first-order valence-electron chi connectivity index (χ1n) is 4.88. The summed E-state index contributed by atoms with van der Waals surface area (Å²) in [5.74, 6) is 1.37. The fraction of sp³-hybridized carbons (Fsp3) is 0.600. The van der Waals surface area contributed by atoms with Gasteiger partial charge in [-0.05, 0) is 12.3 Å². The average Bonchev–Trinajstić information content (AvgIpc) is 2.15. The van der Waals surface area contributed by atoms with E-state index in [9.17, 15) is 4.57 Å². The summed E-state index contributed by atoms with van der Waals surface area (Å²) in [7, 11) is -2.37. The number of allylic oxidation sites excluding steroid dienone is 2. The molecule has 0 fully saturated rings. The molecule has 0 aromatic heterocycles. The lowest BCUT2D eigenvalue weighted by molar-refractivity contribution is 0.0571. The molecule has 3 atom stereocenters. The predicted molar refractivity (Wildman–Crippen MR) is 58.4 cm³/mol. The van der Waals surface area contributed by atoms with E-state index in [0.717, 1.165) is 12.2 Å². The maximum atomic E-state index is 10.6. The molecule has 0 aliphatic heterocycles. The van der Waals surface area contributed by atoms with E-state index in [1.807, 2.05) is 12.2 Å². The second kappa shape index (κ2) is 5.08. The molecular weight excluding hydrogens is 215 g/mol. The first-order chi connectivity index (χ1) is 6.92. The van der Waals surface area contributed by atoms with Crippen LogP contribution >= 0.6 is 7.60 Å². The third kappa shape index (κ3) is 4.31. The number of hydrogen-bond donors (Lipinski definition) is 2. The van der Waals surface area contributed by atoms with Gasteiger partial charge in [-0.25, -0.2) is 0 Å². The van der Waals surface area contributed by atoms with Gasteiger partial charge in [0.05, 0.1) is 6.10 Å². The van der Waals surface area contributed by atoms with Crippen LogP contribution in [0.1, 0.15) is 13.3 Å². The van der Waals surface area contributed by atoms with Gasteiger partial charge >= 0.3 is 7.60 Å². The molecule has 5 heteroatoms. The lowest BCUT2D eigenvalue weighted by Gasteiger charge is -2.27. The molecule has 2 N–H and O–H groups in total. The largest absolute Gasteiger partial charge is 0.381 e. The van der Waals surface area contributed by atoms with E-state index in [1.54, 1.807) is 13.2 Å². The van der Waals surface area contributed by atoms with Crippen molar-refractivity contribution in [1.82, 2.24) is 0 Å². The van der Waals surface area contributed by atoms with Gasteiger partial charge in [0.25, 0.3) is 0 Å². The standard InChI is InChI=1S/C10H17O4P/c1-8-3-4-9(7-10(8)14-2)5-6-15(11,12)13/h3-6,8-10H,7H2,1-2H3,(H2,11,12,13)/b6-5+. The van der Waals surface area contributed by atoms with Crippen LogP contribution in [0.25, 0.3) is 0 Å². The highest BCUT2D eigenvalue weighted by Gasteiger charge is 2.22. The Balaban J connectivity index is 2.63. The van der Waals surface area contributed by atoms with Gasteiger partial charge in [-0.15, -0.1) is 0 Å². The summed E-state index contributed by atoms with van der Waals surface area (Å²) in [6.45, 7) is 2.06. The molecule has 86 valence electrons. The third-order valence-corrected chi connectivity index (χ3v) is 3.14. The summed E-state index contributed by atoms with van der Waals surface area (Å²) in [6, 6.07) is 0. The average molecular weight is 232 g/mol. The highest BCUT2D eigenvalue weighted by Crippen LogP contribution is 2.37. The highest BCUT2D eigenvalue weighted by atomic mass is 31.2. The summed E-state index contributed by atoms with van der Waals surface area (Å²) in [5.41, 5.74) is 0. The summed E-state index contributed by atoms with van der Waals surface area (Å²) in [5, 5.41) is 0. The maximum absolute atomic E-state index is 10.6. The molecule has 0 amide bonds. The molecule has 1 aliphatic rings. The fourth-order valence-corrected chi connectivity index (χ4v) is 2.12. The maximum Gasteiger partial charge on any atom is 0.348 e. The van der Waals surface area contributed by atoms with E-state index in [4.69, 9.17) is 14.5 Å². The van der Waals surface area contributed by atoms with Crippen molar-refractivity contribution in [2.75, 3.05) is 7.11 Å².